The van der Waals surface area contributed by atoms with Crippen LogP contribution in [0.15, 0.2) is 54.7 Å². The van der Waals surface area contributed by atoms with Crippen molar-refractivity contribution in [2.75, 3.05) is 32.1 Å². The number of aromatic nitrogens is 2. The summed E-state index contributed by atoms with van der Waals surface area (Å²) in [5.41, 5.74) is 7.07. The van der Waals surface area contributed by atoms with Gasteiger partial charge in [0.15, 0.2) is 5.11 Å². The van der Waals surface area contributed by atoms with Gasteiger partial charge in [0.2, 0.25) is 0 Å². The van der Waals surface area contributed by atoms with Crippen LogP contribution >= 0.6 is 12.2 Å². The fourth-order valence-corrected chi connectivity index (χ4v) is 5.65. The zero-order chi connectivity index (χ0) is 23.8. The van der Waals surface area contributed by atoms with Gasteiger partial charge in [-0.2, -0.15) is 0 Å². The molecular formula is C27H33N5OS. The number of ether oxygens (including phenoxy) is 1. The van der Waals surface area contributed by atoms with Crippen LogP contribution in [0.5, 0.6) is 0 Å². The molecule has 34 heavy (non-hydrogen) atoms. The van der Waals surface area contributed by atoms with Crippen molar-refractivity contribution in [3.8, 4) is 5.69 Å². The van der Waals surface area contributed by atoms with E-state index in [1.807, 2.05) is 18.3 Å². The molecule has 3 aromatic rings. The largest absolute Gasteiger partial charge is 0.378 e. The molecule has 0 saturated carbocycles. The zero-order valence-electron chi connectivity index (χ0n) is 20.4. The van der Waals surface area contributed by atoms with Gasteiger partial charge in [0.1, 0.15) is 0 Å². The van der Waals surface area contributed by atoms with Crippen LogP contribution in [0.3, 0.4) is 0 Å². The van der Waals surface area contributed by atoms with Gasteiger partial charge >= 0.3 is 0 Å². The summed E-state index contributed by atoms with van der Waals surface area (Å²) >= 11 is 5.86. The molecule has 2 aliphatic heterocycles. The summed E-state index contributed by atoms with van der Waals surface area (Å²) in [5, 5.41) is 4.36. The van der Waals surface area contributed by atoms with E-state index in [1.165, 1.54) is 28.3 Å². The molecule has 2 aliphatic rings. The summed E-state index contributed by atoms with van der Waals surface area (Å²) in [7, 11) is 4.13. The van der Waals surface area contributed by atoms with Crippen molar-refractivity contribution in [1.29, 1.82) is 0 Å². The summed E-state index contributed by atoms with van der Waals surface area (Å²) in [6.45, 7) is 6.02. The van der Waals surface area contributed by atoms with Gasteiger partial charge in [-0.15, -0.1) is 0 Å². The van der Waals surface area contributed by atoms with Crippen LogP contribution in [-0.4, -0.2) is 52.9 Å². The number of aryl methyl sites for hydroxylation is 1. The Morgan fingerprint density at radius 3 is 2.59 bits per heavy atom. The molecular weight excluding hydrogens is 442 g/mol. The highest BCUT2D eigenvalue weighted by Crippen LogP contribution is 2.42. The van der Waals surface area contributed by atoms with E-state index in [1.54, 1.807) is 0 Å². The maximum atomic E-state index is 5.99. The summed E-state index contributed by atoms with van der Waals surface area (Å²) in [5.74, 6) is 0. The minimum Gasteiger partial charge on any atom is -0.378 e. The number of nitrogens with zero attached hydrogens (tertiary/aromatic N) is 4. The molecule has 0 aliphatic carbocycles. The van der Waals surface area contributed by atoms with Gasteiger partial charge in [-0.1, -0.05) is 6.07 Å². The van der Waals surface area contributed by atoms with Crippen LogP contribution in [0.1, 0.15) is 47.6 Å². The van der Waals surface area contributed by atoms with Gasteiger partial charge in [0, 0.05) is 56.2 Å². The molecule has 6 nitrogen and oxygen atoms in total. The number of anilines is 1. The van der Waals surface area contributed by atoms with Gasteiger partial charge in [-0.25, -0.2) is 0 Å². The monoisotopic (exact) mass is 475 g/mol. The Morgan fingerprint density at radius 1 is 1.15 bits per heavy atom. The van der Waals surface area contributed by atoms with Gasteiger partial charge in [0.25, 0.3) is 0 Å². The van der Waals surface area contributed by atoms with Crippen LogP contribution in [0.4, 0.5) is 5.69 Å². The Bertz CT molecular complexity index is 1150. The van der Waals surface area contributed by atoms with E-state index in [9.17, 15) is 0 Å². The third-order valence-electron chi connectivity index (χ3n) is 7.04. The van der Waals surface area contributed by atoms with E-state index in [4.69, 9.17) is 17.0 Å². The molecule has 0 amide bonds. The minimum absolute atomic E-state index is 0.0137. The standard InChI is InChI=1S/C27H33N5OS/c1-18-16-23(19(2)32(18)21-12-10-20(11-13-21)30(3)4)26-25(24-9-5-6-14-28-24)29-27(34)31(26)17-22-8-7-15-33-22/h5-6,9-14,16,22,25-26H,7-8,15,17H2,1-4H3,(H,29,34). The number of thiocarbonyl (C=S) groups is 1. The second-order valence-electron chi connectivity index (χ2n) is 9.49. The molecule has 5 rings (SSSR count). The Morgan fingerprint density at radius 2 is 1.94 bits per heavy atom. The van der Waals surface area contributed by atoms with Crippen molar-refractivity contribution in [3.05, 3.63) is 77.4 Å². The first kappa shape index (κ1) is 22.9. The van der Waals surface area contributed by atoms with Crippen molar-refractivity contribution in [3.63, 3.8) is 0 Å². The molecule has 3 unspecified atom stereocenters. The van der Waals surface area contributed by atoms with Crippen molar-refractivity contribution in [2.24, 2.45) is 0 Å². The number of pyridine rings is 1. The molecule has 0 radical (unpaired) electrons. The molecule has 4 heterocycles. The lowest BCUT2D eigenvalue weighted by atomic mass is 9.96. The van der Waals surface area contributed by atoms with Crippen molar-refractivity contribution in [1.82, 2.24) is 19.8 Å². The van der Waals surface area contributed by atoms with Crippen molar-refractivity contribution in [2.45, 2.75) is 44.9 Å². The van der Waals surface area contributed by atoms with Crippen LogP contribution in [-0.2, 0) is 4.74 Å². The molecule has 178 valence electrons. The van der Waals surface area contributed by atoms with Gasteiger partial charge in [-0.05, 0) is 86.9 Å². The van der Waals surface area contributed by atoms with E-state index in [0.29, 0.717) is 0 Å². The Labute approximate surface area is 207 Å². The summed E-state index contributed by atoms with van der Waals surface area (Å²) < 4.78 is 8.34. The summed E-state index contributed by atoms with van der Waals surface area (Å²) in [6, 6.07) is 17.2. The molecule has 2 aromatic heterocycles. The summed E-state index contributed by atoms with van der Waals surface area (Å²) in [4.78, 5) is 9.14. The Kier molecular flexibility index (Phi) is 6.32. The van der Waals surface area contributed by atoms with Crippen LogP contribution in [0.25, 0.3) is 5.69 Å². The predicted molar refractivity (Wildman–Crippen MR) is 141 cm³/mol. The van der Waals surface area contributed by atoms with Crippen molar-refractivity contribution < 1.29 is 4.74 Å². The van der Waals surface area contributed by atoms with E-state index in [2.05, 4.69) is 89.0 Å². The number of benzene rings is 1. The molecule has 0 spiro atoms. The molecule has 2 fully saturated rings. The van der Waals surface area contributed by atoms with Gasteiger partial charge in [0.05, 0.1) is 23.9 Å². The first-order valence-corrected chi connectivity index (χ1v) is 12.4. The third-order valence-corrected chi connectivity index (χ3v) is 7.39. The second-order valence-corrected chi connectivity index (χ2v) is 9.87. The topological polar surface area (TPSA) is 45.6 Å². The van der Waals surface area contributed by atoms with Gasteiger partial charge in [-0.3, -0.25) is 4.98 Å². The van der Waals surface area contributed by atoms with Gasteiger partial charge < -0.3 is 24.4 Å². The molecule has 2 saturated heterocycles. The maximum Gasteiger partial charge on any atom is 0.170 e. The van der Waals surface area contributed by atoms with E-state index in [0.717, 1.165) is 36.8 Å². The molecule has 3 atom stereocenters. The van der Waals surface area contributed by atoms with Crippen LogP contribution in [0, 0.1) is 13.8 Å². The Hall–Kier alpha value is -2.90. The lowest BCUT2D eigenvalue weighted by molar-refractivity contribution is 0.0842. The highest BCUT2D eigenvalue weighted by Gasteiger charge is 2.42. The minimum atomic E-state index is -0.0137. The highest BCUT2D eigenvalue weighted by molar-refractivity contribution is 7.80. The van der Waals surface area contributed by atoms with Crippen LogP contribution < -0.4 is 10.2 Å². The second kappa shape index (κ2) is 9.39. The normalized spacial score (nSPS) is 22.3. The zero-order valence-corrected chi connectivity index (χ0v) is 21.2. The molecule has 7 heteroatoms. The fourth-order valence-electron chi connectivity index (χ4n) is 5.33. The van der Waals surface area contributed by atoms with E-state index >= 15 is 0 Å². The maximum absolute atomic E-state index is 5.99. The SMILES string of the molecule is Cc1cc(C2C(c3ccccn3)NC(=S)N2CC2CCCO2)c(C)n1-c1ccc(N(C)C)cc1. The molecule has 0 bridgehead atoms. The highest BCUT2D eigenvalue weighted by atomic mass is 32.1. The number of hydrogen-bond acceptors (Lipinski definition) is 4. The predicted octanol–water partition coefficient (Wildman–Crippen LogP) is 4.71. The summed E-state index contributed by atoms with van der Waals surface area (Å²) in [6.07, 6.45) is 4.27. The molecule has 1 N–H and O–H groups in total. The average Bonchev–Trinajstić information content (AvgIpc) is 3.54. The average molecular weight is 476 g/mol. The number of hydrogen-bond donors (Lipinski definition) is 1. The van der Waals surface area contributed by atoms with E-state index < -0.39 is 0 Å². The van der Waals surface area contributed by atoms with E-state index in [-0.39, 0.29) is 18.2 Å². The van der Waals surface area contributed by atoms with Crippen molar-refractivity contribution >= 4 is 23.0 Å². The molecule has 1 aromatic carbocycles. The first-order chi connectivity index (χ1) is 16.4. The quantitative estimate of drug-likeness (QED) is 0.521. The number of nitrogens with one attached hydrogen (secondary N) is 1. The third kappa shape index (κ3) is 4.18. The Balaban J connectivity index is 1.56. The van der Waals surface area contributed by atoms with Crippen LogP contribution in [0.2, 0.25) is 0 Å². The lowest BCUT2D eigenvalue weighted by Gasteiger charge is -2.30. The smallest absolute Gasteiger partial charge is 0.170 e. The fraction of sp³-hybridized carbons (Fsp3) is 0.407. The lowest BCUT2D eigenvalue weighted by Crippen LogP contribution is -2.36. The number of rotatable bonds is 6. The first-order valence-electron chi connectivity index (χ1n) is 12.0.